The molecule has 2 rings (SSSR count). The number of nitrogens with one attached hydrogen (secondary N) is 2. The number of amides is 1. The van der Waals surface area contributed by atoms with E-state index in [0.717, 1.165) is 0 Å². The molecule has 0 heterocycles. The van der Waals surface area contributed by atoms with Crippen molar-refractivity contribution in [1.82, 2.24) is 10.6 Å². The van der Waals surface area contributed by atoms with Gasteiger partial charge in [0.1, 0.15) is 0 Å². The molecular formula is C17H32N4O. The molecule has 2 aliphatic rings. The van der Waals surface area contributed by atoms with Gasteiger partial charge in [-0.2, -0.15) is 0 Å². The van der Waals surface area contributed by atoms with Crippen molar-refractivity contribution < 1.29 is 4.79 Å². The van der Waals surface area contributed by atoms with Crippen LogP contribution in [0.1, 0.15) is 70.6 Å². The van der Waals surface area contributed by atoms with Gasteiger partial charge < -0.3 is 16.4 Å². The fourth-order valence-electron chi connectivity index (χ4n) is 3.60. The average Bonchev–Trinajstić information content (AvgIpc) is 2.53. The average molecular weight is 308 g/mol. The quantitative estimate of drug-likeness (QED) is 0.400. The summed E-state index contributed by atoms with van der Waals surface area (Å²) in [6.45, 7) is 1.14. The van der Waals surface area contributed by atoms with Crippen LogP contribution in [0.4, 0.5) is 0 Å². The van der Waals surface area contributed by atoms with E-state index in [1.807, 2.05) is 0 Å². The van der Waals surface area contributed by atoms with Crippen molar-refractivity contribution in [2.24, 2.45) is 16.6 Å². The van der Waals surface area contributed by atoms with Crippen LogP contribution in [0.25, 0.3) is 0 Å². The van der Waals surface area contributed by atoms with Gasteiger partial charge in [-0.25, -0.2) is 0 Å². The number of rotatable bonds is 6. The van der Waals surface area contributed by atoms with Gasteiger partial charge in [0.05, 0.1) is 6.54 Å². The Bertz CT molecular complexity index is 358. The first-order valence-corrected chi connectivity index (χ1v) is 9.07. The van der Waals surface area contributed by atoms with E-state index >= 15 is 0 Å². The second-order valence-corrected chi connectivity index (χ2v) is 6.80. The fraction of sp³-hybridized carbons (Fsp3) is 0.882. The molecule has 4 N–H and O–H groups in total. The molecule has 2 fully saturated rings. The predicted octanol–water partition coefficient (Wildman–Crippen LogP) is 2.31. The minimum Gasteiger partial charge on any atom is -0.370 e. The standard InChI is InChI=1S/C17H32N4O/c18-17(21-15-9-5-2-6-10-15)20-12-11-19-16(22)13-14-7-3-1-4-8-14/h14-15H,1-13H2,(H,19,22)(H3,18,20,21). The lowest BCUT2D eigenvalue weighted by Crippen LogP contribution is -2.41. The Labute approximate surface area is 134 Å². The summed E-state index contributed by atoms with van der Waals surface area (Å²) in [6, 6.07) is 0.485. The molecule has 22 heavy (non-hydrogen) atoms. The molecule has 0 aliphatic heterocycles. The summed E-state index contributed by atoms with van der Waals surface area (Å²) in [5.41, 5.74) is 5.90. The Kier molecular flexibility index (Phi) is 7.54. The first-order chi connectivity index (χ1) is 10.7. The number of hydrogen-bond acceptors (Lipinski definition) is 2. The highest BCUT2D eigenvalue weighted by molar-refractivity contribution is 5.78. The SMILES string of the molecule is NC(=NCCNC(=O)CC1CCCCC1)NC1CCCCC1. The van der Waals surface area contributed by atoms with Crippen LogP contribution >= 0.6 is 0 Å². The maximum Gasteiger partial charge on any atom is 0.220 e. The van der Waals surface area contributed by atoms with Crippen LogP contribution < -0.4 is 16.4 Å². The number of hydrogen-bond donors (Lipinski definition) is 3. The van der Waals surface area contributed by atoms with E-state index in [4.69, 9.17) is 5.73 Å². The summed E-state index contributed by atoms with van der Waals surface area (Å²) in [7, 11) is 0. The third-order valence-corrected chi connectivity index (χ3v) is 4.87. The zero-order valence-corrected chi connectivity index (χ0v) is 13.8. The van der Waals surface area contributed by atoms with Gasteiger partial charge >= 0.3 is 0 Å². The minimum atomic E-state index is 0.168. The number of carbonyl (C=O) groups is 1. The predicted molar refractivity (Wildman–Crippen MR) is 90.7 cm³/mol. The van der Waals surface area contributed by atoms with Crippen molar-refractivity contribution in [2.75, 3.05) is 13.1 Å². The van der Waals surface area contributed by atoms with E-state index in [9.17, 15) is 4.79 Å². The lowest BCUT2D eigenvalue weighted by molar-refractivity contribution is -0.122. The minimum absolute atomic E-state index is 0.168. The zero-order chi connectivity index (χ0) is 15.6. The summed E-state index contributed by atoms with van der Waals surface area (Å²) >= 11 is 0. The van der Waals surface area contributed by atoms with Crippen molar-refractivity contribution in [2.45, 2.75) is 76.7 Å². The Hall–Kier alpha value is -1.26. The smallest absolute Gasteiger partial charge is 0.220 e. The highest BCUT2D eigenvalue weighted by Crippen LogP contribution is 2.25. The molecule has 0 spiro atoms. The molecule has 5 nitrogen and oxygen atoms in total. The Balaban J connectivity index is 1.54. The fourth-order valence-corrected chi connectivity index (χ4v) is 3.60. The maximum absolute atomic E-state index is 11.9. The third kappa shape index (κ3) is 6.67. The Morgan fingerprint density at radius 2 is 1.64 bits per heavy atom. The second-order valence-electron chi connectivity index (χ2n) is 6.80. The van der Waals surface area contributed by atoms with Gasteiger partial charge in [0, 0.05) is 19.0 Å². The highest BCUT2D eigenvalue weighted by atomic mass is 16.1. The molecule has 126 valence electrons. The lowest BCUT2D eigenvalue weighted by Gasteiger charge is -2.23. The Morgan fingerprint density at radius 1 is 1.00 bits per heavy atom. The van der Waals surface area contributed by atoms with E-state index in [2.05, 4.69) is 15.6 Å². The lowest BCUT2D eigenvalue weighted by atomic mass is 9.87. The molecule has 0 saturated heterocycles. The largest absolute Gasteiger partial charge is 0.370 e. The molecule has 2 aliphatic carbocycles. The van der Waals surface area contributed by atoms with Gasteiger partial charge in [0.25, 0.3) is 0 Å². The first kappa shape index (κ1) is 17.1. The number of nitrogens with zero attached hydrogens (tertiary/aromatic N) is 1. The summed E-state index contributed by atoms with van der Waals surface area (Å²) in [5, 5.41) is 6.25. The maximum atomic E-state index is 11.9. The molecule has 0 atom stereocenters. The zero-order valence-electron chi connectivity index (χ0n) is 13.8. The molecule has 1 amide bonds. The van der Waals surface area contributed by atoms with Crippen LogP contribution in [0.5, 0.6) is 0 Å². The monoisotopic (exact) mass is 308 g/mol. The van der Waals surface area contributed by atoms with Crippen molar-refractivity contribution >= 4 is 11.9 Å². The molecule has 0 unspecified atom stereocenters. The summed E-state index contributed by atoms with van der Waals surface area (Å²) < 4.78 is 0. The van der Waals surface area contributed by atoms with Crippen molar-refractivity contribution in [1.29, 1.82) is 0 Å². The molecule has 0 aromatic rings. The van der Waals surface area contributed by atoms with Gasteiger partial charge in [-0.05, 0) is 31.6 Å². The Morgan fingerprint density at radius 3 is 2.32 bits per heavy atom. The first-order valence-electron chi connectivity index (χ1n) is 9.07. The third-order valence-electron chi connectivity index (χ3n) is 4.87. The molecule has 0 bridgehead atoms. The summed E-state index contributed by atoms with van der Waals surface area (Å²) in [4.78, 5) is 16.2. The summed E-state index contributed by atoms with van der Waals surface area (Å²) in [5.74, 6) is 1.28. The molecule has 2 saturated carbocycles. The van der Waals surface area contributed by atoms with Crippen LogP contribution in [-0.2, 0) is 4.79 Å². The van der Waals surface area contributed by atoms with E-state index in [1.165, 1.54) is 64.2 Å². The number of aliphatic imine (C=N–C) groups is 1. The van der Waals surface area contributed by atoms with Gasteiger partial charge in [-0.15, -0.1) is 0 Å². The topological polar surface area (TPSA) is 79.5 Å². The van der Waals surface area contributed by atoms with Crippen molar-refractivity contribution in [3.05, 3.63) is 0 Å². The van der Waals surface area contributed by atoms with Gasteiger partial charge in [0.15, 0.2) is 5.96 Å². The van der Waals surface area contributed by atoms with E-state index < -0.39 is 0 Å². The van der Waals surface area contributed by atoms with Crippen LogP contribution in [0.15, 0.2) is 4.99 Å². The number of guanidine groups is 1. The van der Waals surface area contributed by atoms with Crippen LogP contribution in [-0.4, -0.2) is 31.0 Å². The van der Waals surface area contributed by atoms with Crippen LogP contribution in [0.3, 0.4) is 0 Å². The highest BCUT2D eigenvalue weighted by Gasteiger charge is 2.16. The molecule has 0 radical (unpaired) electrons. The summed E-state index contributed by atoms with van der Waals surface area (Å²) in [6.07, 6.45) is 13.3. The second kappa shape index (κ2) is 9.70. The van der Waals surface area contributed by atoms with Crippen LogP contribution in [0.2, 0.25) is 0 Å². The van der Waals surface area contributed by atoms with Crippen molar-refractivity contribution in [3.63, 3.8) is 0 Å². The molecular weight excluding hydrogens is 276 g/mol. The molecule has 5 heteroatoms. The van der Waals surface area contributed by atoms with Gasteiger partial charge in [-0.3, -0.25) is 9.79 Å². The normalized spacial score (nSPS) is 21.5. The number of nitrogens with two attached hydrogens (primary N) is 1. The van der Waals surface area contributed by atoms with Gasteiger partial charge in [0.2, 0.25) is 5.91 Å². The van der Waals surface area contributed by atoms with E-state index in [-0.39, 0.29) is 5.91 Å². The molecule has 0 aromatic heterocycles. The van der Waals surface area contributed by atoms with Gasteiger partial charge in [-0.1, -0.05) is 38.5 Å². The van der Waals surface area contributed by atoms with E-state index in [1.54, 1.807) is 0 Å². The molecule has 0 aromatic carbocycles. The van der Waals surface area contributed by atoms with Crippen molar-refractivity contribution in [3.8, 4) is 0 Å². The van der Waals surface area contributed by atoms with Crippen LogP contribution in [0, 0.1) is 5.92 Å². The van der Waals surface area contributed by atoms with E-state index in [0.29, 0.717) is 37.4 Å². The number of carbonyl (C=O) groups excluding carboxylic acids is 1.